The van der Waals surface area contributed by atoms with Crippen LogP contribution in [0.25, 0.3) is 0 Å². The highest BCUT2D eigenvalue weighted by molar-refractivity contribution is 5.66. The lowest BCUT2D eigenvalue weighted by atomic mass is 10.0. The lowest BCUT2D eigenvalue weighted by molar-refractivity contribution is -0.137. The molecule has 0 atom stereocenters. The monoisotopic (exact) mass is 808 g/mol. The van der Waals surface area contributed by atoms with Crippen LogP contribution in [0.4, 0.5) is 0 Å². The van der Waals surface area contributed by atoms with E-state index < -0.39 is 12.3 Å². The van der Waals surface area contributed by atoms with Crippen molar-refractivity contribution >= 4 is 5.97 Å². The van der Waals surface area contributed by atoms with Crippen LogP contribution in [0.15, 0.2) is 24.3 Å². The third-order valence-corrected chi connectivity index (χ3v) is 10.9. The van der Waals surface area contributed by atoms with Gasteiger partial charge in [0.15, 0.2) is 6.29 Å². The molecule has 0 heterocycles. The summed E-state index contributed by atoms with van der Waals surface area (Å²) in [5, 5.41) is 25.9. The van der Waals surface area contributed by atoms with E-state index in [0.717, 1.165) is 32.2 Å². The smallest absolute Gasteiger partial charge is 0.303 e. The van der Waals surface area contributed by atoms with Gasteiger partial charge in [-0.05, 0) is 83.6 Å². The number of unbranched alkanes of at least 4 members (excludes halogenated alkanes) is 35. The van der Waals surface area contributed by atoms with E-state index in [1.165, 1.54) is 231 Å². The SMILES string of the molecule is CCCCCCCCC=CCCCCCCCC(=O)O.CCCCCCCCC=CCCCCCCCCN.CCCCCCCCCCCCCCCC(O)O. The number of nitrogens with two attached hydrogens (primary N) is 1. The Morgan fingerprint density at radius 2 is 0.632 bits per heavy atom. The zero-order valence-corrected chi connectivity index (χ0v) is 39.1. The molecule has 0 amide bonds. The molecule has 0 spiro atoms. The number of hydrogen-bond acceptors (Lipinski definition) is 4. The van der Waals surface area contributed by atoms with Crippen molar-refractivity contribution in [2.24, 2.45) is 5.73 Å². The van der Waals surface area contributed by atoms with Gasteiger partial charge in [-0.3, -0.25) is 4.79 Å². The largest absolute Gasteiger partial charge is 0.481 e. The lowest BCUT2D eigenvalue weighted by Crippen LogP contribution is -2.02. The van der Waals surface area contributed by atoms with Gasteiger partial charge in [0, 0.05) is 6.42 Å². The number of carboxylic acid groups (broad SMARTS) is 1. The molecule has 5 N–H and O–H groups in total. The van der Waals surface area contributed by atoms with E-state index in [4.69, 9.17) is 21.1 Å². The van der Waals surface area contributed by atoms with Crippen molar-refractivity contribution in [3.05, 3.63) is 24.3 Å². The maximum atomic E-state index is 10.3. The molecule has 0 aliphatic rings. The number of aliphatic hydroxyl groups is 2. The van der Waals surface area contributed by atoms with Crippen molar-refractivity contribution in [2.75, 3.05) is 6.54 Å². The van der Waals surface area contributed by atoms with Crippen LogP contribution >= 0.6 is 0 Å². The minimum absolute atomic E-state index is 0.332. The predicted molar refractivity (Wildman–Crippen MR) is 254 cm³/mol. The fraction of sp³-hybridized carbons (Fsp3) is 0.904. The molecular weight excluding hydrogens is 703 g/mol. The second-order valence-electron chi connectivity index (χ2n) is 17.0. The molecule has 0 radical (unpaired) electrons. The highest BCUT2D eigenvalue weighted by atomic mass is 16.5. The van der Waals surface area contributed by atoms with Crippen LogP contribution in [0.1, 0.15) is 290 Å². The van der Waals surface area contributed by atoms with E-state index in [1.807, 2.05) is 0 Å². The van der Waals surface area contributed by atoms with Crippen LogP contribution in [0.2, 0.25) is 0 Å². The summed E-state index contributed by atoms with van der Waals surface area (Å²) in [7, 11) is 0. The topological polar surface area (TPSA) is 104 Å². The Kier molecular flexibility index (Phi) is 62.4. The molecule has 0 aromatic carbocycles. The van der Waals surface area contributed by atoms with Crippen molar-refractivity contribution in [1.82, 2.24) is 0 Å². The van der Waals surface area contributed by atoms with Gasteiger partial charge >= 0.3 is 5.97 Å². The summed E-state index contributed by atoms with van der Waals surface area (Å²) in [5.41, 5.74) is 5.47. The van der Waals surface area contributed by atoms with Crippen LogP contribution in [0, 0.1) is 0 Å². The Morgan fingerprint density at radius 3 is 0.895 bits per heavy atom. The highest BCUT2D eigenvalue weighted by Crippen LogP contribution is 2.14. The fourth-order valence-corrected chi connectivity index (χ4v) is 7.08. The summed E-state index contributed by atoms with van der Waals surface area (Å²) in [5.74, 6) is -0.664. The summed E-state index contributed by atoms with van der Waals surface area (Å²) in [6.07, 6.45) is 61.8. The molecule has 0 aromatic rings. The summed E-state index contributed by atoms with van der Waals surface area (Å²) < 4.78 is 0. The molecule has 0 aromatic heterocycles. The van der Waals surface area contributed by atoms with Crippen LogP contribution in [-0.2, 0) is 4.79 Å². The Labute approximate surface area is 358 Å². The normalized spacial score (nSPS) is 11.4. The molecule has 342 valence electrons. The number of carboxylic acids is 1. The summed E-state index contributed by atoms with van der Waals surface area (Å²) >= 11 is 0. The van der Waals surface area contributed by atoms with Crippen LogP contribution in [0.5, 0.6) is 0 Å². The van der Waals surface area contributed by atoms with Gasteiger partial charge in [0.1, 0.15) is 0 Å². The highest BCUT2D eigenvalue weighted by Gasteiger charge is 1.98. The average Bonchev–Trinajstić information content (AvgIpc) is 3.20. The zero-order valence-electron chi connectivity index (χ0n) is 39.1. The Hall–Kier alpha value is -1.17. The van der Waals surface area contributed by atoms with Crippen molar-refractivity contribution in [1.29, 1.82) is 0 Å². The molecule has 0 unspecified atom stereocenters. The first kappa shape index (κ1) is 60.1. The van der Waals surface area contributed by atoms with Crippen molar-refractivity contribution < 1.29 is 20.1 Å². The van der Waals surface area contributed by atoms with Gasteiger partial charge in [-0.2, -0.15) is 0 Å². The first-order valence-corrected chi connectivity index (χ1v) is 25.5. The number of rotatable bonds is 44. The predicted octanol–water partition coefficient (Wildman–Crippen LogP) is 16.9. The number of carbonyl (C=O) groups is 1. The summed E-state index contributed by atoms with van der Waals surface area (Å²) in [6.45, 7) is 7.66. The van der Waals surface area contributed by atoms with Gasteiger partial charge in [0.05, 0.1) is 0 Å². The third kappa shape index (κ3) is 69.8. The van der Waals surface area contributed by atoms with Crippen LogP contribution in [0.3, 0.4) is 0 Å². The summed E-state index contributed by atoms with van der Waals surface area (Å²) in [6, 6.07) is 0. The van der Waals surface area contributed by atoms with E-state index in [2.05, 4.69) is 45.1 Å². The molecule has 57 heavy (non-hydrogen) atoms. The first-order valence-electron chi connectivity index (χ1n) is 25.5. The van der Waals surface area contributed by atoms with Crippen LogP contribution < -0.4 is 5.73 Å². The molecule has 5 nitrogen and oxygen atoms in total. The standard InChI is InChI=1S/C18H37N.C18H34O2.C16H34O2/c1-2-3-4-5-6-7-8-9-10-11-12-13-14-15-16-17-18-19;1-2-3-4-5-6-7-8-9-10-11-12-13-14-15-16-17-18(19)20;1-2-3-4-5-6-7-8-9-10-11-12-13-14-15-16(17)18/h9-10H,2-8,11-19H2,1H3;9-10H,2-8,11-17H2,1H3,(H,19,20);16-18H,2-15H2,1H3. The molecule has 0 saturated carbocycles. The van der Waals surface area contributed by atoms with Gasteiger partial charge in [-0.25, -0.2) is 0 Å². The number of aliphatic hydroxyl groups excluding tert-OH is 1. The number of aliphatic carboxylic acids is 1. The van der Waals surface area contributed by atoms with Gasteiger partial charge < -0.3 is 21.1 Å². The Morgan fingerprint density at radius 1 is 0.386 bits per heavy atom. The van der Waals surface area contributed by atoms with Gasteiger partial charge in [-0.15, -0.1) is 0 Å². The van der Waals surface area contributed by atoms with Gasteiger partial charge in [0.25, 0.3) is 0 Å². The quantitative estimate of drug-likeness (QED) is 0.0279. The fourth-order valence-electron chi connectivity index (χ4n) is 7.08. The maximum Gasteiger partial charge on any atom is 0.303 e. The maximum absolute atomic E-state index is 10.3. The molecule has 5 heteroatoms. The van der Waals surface area contributed by atoms with Crippen molar-refractivity contribution in [3.8, 4) is 0 Å². The first-order chi connectivity index (χ1) is 28.0. The number of allylic oxidation sites excluding steroid dienone is 4. The van der Waals surface area contributed by atoms with Crippen molar-refractivity contribution in [3.63, 3.8) is 0 Å². The molecule has 0 saturated heterocycles. The van der Waals surface area contributed by atoms with E-state index in [-0.39, 0.29) is 0 Å². The van der Waals surface area contributed by atoms with E-state index >= 15 is 0 Å². The number of hydrogen-bond donors (Lipinski definition) is 4. The van der Waals surface area contributed by atoms with E-state index in [9.17, 15) is 4.79 Å². The third-order valence-electron chi connectivity index (χ3n) is 10.9. The zero-order chi connectivity index (χ0) is 42.4. The minimum atomic E-state index is -1.10. The molecule has 0 bridgehead atoms. The molecule has 0 rings (SSSR count). The van der Waals surface area contributed by atoms with Gasteiger partial charge in [-0.1, -0.05) is 231 Å². The second kappa shape index (κ2) is 59.1. The minimum Gasteiger partial charge on any atom is -0.481 e. The van der Waals surface area contributed by atoms with Crippen molar-refractivity contribution in [2.45, 2.75) is 297 Å². The van der Waals surface area contributed by atoms with Crippen LogP contribution in [-0.4, -0.2) is 34.1 Å². The average molecular weight is 808 g/mol. The summed E-state index contributed by atoms with van der Waals surface area (Å²) in [4.78, 5) is 10.3. The second-order valence-corrected chi connectivity index (χ2v) is 17.0. The molecule has 0 aliphatic carbocycles. The molecule has 0 fully saturated rings. The van der Waals surface area contributed by atoms with E-state index in [1.54, 1.807) is 0 Å². The Bertz CT molecular complexity index is 752. The van der Waals surface area contributed by atoms with Gasteiger partial charge in [0.2, 0.25) is 0 Å². The molecule has 0 aliphatic heterocycles. The Balaban J connectivity index is -0.000000768. The lowest BCUT2D eigenvalue weighted by Gasteiger charge is -2.04. The van der Waals surface area contributed by atoms with E-state index in [0.29, 0.717) is 12.8 Å². The molecular formula is C52H105NO4.